The first-order valence-electron chi connectivity index (χ1n) is 27.2. The van der Waals surface area contributed by atoms with Crippen molar-refractivity contribution in [2.24, 2.45) is 16.7 Å². The number of amides is 3. The number of piperidine rings is 2. The molecule has 2 aliphatic carbocycles. The molecule has 3 atom stereocenters. The molecule has 8 heterocycles. The lowest BCUT2D eigenvalue weighted by molar-refractivity contribution is -0.136. The van der Waals surface area contributed by atoms with E-state index in [0.717, 1.165) is 130 Å². The molecular formula is C56H69FN10O5. The number of aromatic nitrogens is 2. The van der Waals surface area contributed by atoms with Gasteiger partial charge in [-0.05, 0) is 142 Å². The first kappa shape index (κ1) is 46.2. The molecule has 9 aliphatic rings. The normalized spacial score (nSPS) is 26.0. The van der Waals surface area contributed by atoms with Crippen LogP contribution in [0.1, 0.15) is 104 Å². The van der Waals surface area contributed by atoms with Gasteiger partial charge in [-0.3, -0.25) is 24.6 Å². The lowest BCUT2D eigenvalue weighted by Crippen LogP contribution is -2.53. The average Bonchev–Trinajstić information content (AvgIpc) is 3.95. The van der Waals surface area contributed by atoms with Crippen molar-refractivity contribution in [3.8, 4) is 11.8 Å². The van der Waals surface area contributed by atoms with Gasteiger partial charge in [0, 0.05) is 123 Å². The van der Waals surface area contributed by atoms with E-state index in [-0.39, 0.29) is 41.1 Å². The molecule has 3 amide bonds. The van der Waals surface area contributed by atoms with Crippen LogP contribution in [0.15, 0.2) is 42.5 Å². The number of halogens is 1. The van der Waals surface area contributed by atoms with Crippen LogP contribution in [0.25, 0.3) is 10.8 Å². The standard InChI is InChI=1S/C56H69FN10O5/c1-2-42-45(57)8-3-36-24-41(68)25-48(50(36)42)65-16-11-44-46(32-65)59-54(61-51(44)66-30-38-4-5-39(31-66)58-38)72-34-56(12-13-56)33-63-17-14-55(15-18-63)26-35(27-55)28-62-19-21-64(22-20-62)40-6-7-43-37(23-40)29-67(53(43)71)47-9-10-49(69)60-52(47)70/h3,6-8,23-25,35,38-39,47,58,68H,2,4-5,9-22,26-34H2,1H3,(H,60,69,70)/t38?,39?,47-/m0/s1. The van der Waals surface area contributed by atoms with Crippen LogP contribution in [0, 0.1) is 22.6 Å². The number of rotatable bonds is 12. The fraction of sp³-hybridized carbons (Fsp3) is 0.589. The summed E-state index contributed by atoms with van der Waals surface area (Å²) in [5.74, 6) is 0.978. The average molecular weight is 981 g/mol. The summed E-state index contributed by atoms with van der Waals surface area (Å²) >= 11 is 0. The number of benzene rings is 3. The van der Waals surface area contributed by atoms with Gasteiger partial charge in [-0.2, -0.15) is 9.97 Å². The van der Waals surface area contributed by atoms with E-state index in [1.54, 1.807) is 23.1 Å². The van der Waals surface area contributed by atoms with Crippen LogP contribution in [-0.4, -0.2) is 144 Å². The highest BCUT2D eigenvalue weighted by Gasteiger charge is 2.50. The molecule has 1 aromatic heterocycles. The molecule has 3 N–H and O–H groups in total. The zero-order valence-corrected chi connectivity index (χ0v) is 41.8. The third-order valence-electron chi connectivity index (χ3n) is 18.5. The van der Waals surface area contributed by atoms with Gasteiger partial charge in [0.2, 0.25) is 11.8 Å². The number of hydrogen-bond donors (Lipinski definition) is 3. The molecule has 4 aromatic rings. The fourth-order valence-electron chi connectivity index (χ4n) is 14.4. The summed E-state index contributed by atoms with van der Waals surface area (Å²) in [4.78, 5) is 62.0. The third-order valence-corrected chi connectivity index (χ3v) is 18.5. The molecule has 2 saturated carbocycles. The first-order chi connectivity index (χ1) is 35.0. The van der Waals surface area contributed by atoms with Crippen molar-refractivity contribution in [1.29, 1.82) is 0 Å². The smallest absolute Gasteiger partial charge is 0.318 e. The fourth-order valence-corrected chi connectivity index (χ4v) is 14.4. The van der Waals surface area contributed by atoms with Crippen LogP contribution >= 0.6 is 0 Å². The Morgan fingerprint density at radius 1 is 0.819 bits per heavy atom. The maximum Gasteiger partial charge on any atom is 0.318 e. The van der Waals surface area contributed by atoms with Crippen LogP contribution in [-0.2, 0) is 35.5 Å². The van der Waals surface area contributed by atoms with Crippen molar-refractivity contribution in [2.45, 2.75) is 115 Å². The molecule has 13 rings (SSSR count). The number of piperazine rings is 2. The van der Waals surface area contributed by atoms with E-state index < -0.39 is 6.04 Å². The number of aryl methyl sites for hydroxylation is 1. The molecule has 1 spiro atoms. The summed E-state index contributed by atoms with van der Waals surface area (Å²) in [7, 11) is 0. The van der Waals surface area contributed by atoms with E-state index >= 15 is 4.39 Å². The van der Waals surface area contributed by atoms with Crippen molar-refractivity contribution in [3.63, 3.8) is 0 Å². The summed E-state index contributed by atoms with van der Waals surface area (Å²) < 4.78 is 22.0. The molecular weight excluding hydrogens is 912 g/mol. The number of phenolic OH excluding ortho intramolecular Hbond substituents is 1. The second kappa shape index (κ2) is 18.1. The van der Waals surface area contributed by atoms with Gasteiger partial charge in [-0.15, -0.1) is 0 Å². The minimum absolute atomic E-state index is 0.122. The number of nitrogens with zero attached hydrogens (tertiary/aromatic N) is 8. The Morgan fingerprint density at radius 3 is 2.36 bits per heavy atom. The number of phenols is 1. The zero-order chi connectivity index (χ0) is 48.9. The van der Waals surface area contributed by atoms with Crippen LogP contribution in [0.3, 0.4) is 0 Å². The van der Waals surface area contributed by atoms with Gasteiger partial charge in [0.05, 0.1) is 18.8 Å². The summed E-state index contributed by atoms with van der Waals surface area (Å²) in [6.07, 6.45) is 11.9. The maximum atomic E-state index is 15.2. The van der Waals surface area contributed by atoms with E-state index in [0.29, 0.717) is 67.2 Å². The molecule has 5 saturated heterocycles. The predicted octanol–water partition coefficient (Wildman–Crippen LogP) is 5.77. The number of imide groups is 1. The Balaban J connectivity index is 0.605. The molecule has 2 bridgehead atoms. The Kier molecular flexibility index (Phi) is 11.6. The van der Waals surface area contributed by atoms with Crippen LogP contribution < -0.4 is 30.1 Å². The summed E-state index contributed by atoms with van der Waals surface area (Å²) in [5, 5.41) is 18.7. The maximum absolute atomic E-state index is 15.2. The topological polar surface area (TPSA) is 150 Å². The summed E-state index contributed by atoms with van der Waals surface area (Å²) in [6, 6.07) is 13.7. The van der Waals surface area contributed by atoms with Crippen molar-refractivity contribution < 1.29 is 28.6 Å². The molecule has 72 heavy (non-hydrogen) atoms. The Morgan fingerprint density at radius 2 is 1.61 bits per heavy atom. The number of carbonyl (C=O) groups is 3. The number of fused-ring (bicyclic) bond motifs is 5. The van der Waals surface area contributed by atoms with Crippen molar-refractivity contribution >= 4 is 45.7 Å². The van der Waals surface area contributed by atoms with Gasteiger partial charge in [0.1, 0.15) is 23.4 Å². The number of hydrogen-bond acceptors (Lipinski definition) is 13. The van der Waals surface area contributed by atoms with Gasteiger partial charge < -0.3 is 39.7 Å². The lowest BCUT2D eigenvalue weighted by atomic mass is 9.57. The molecule has 7 aliphatic heterocycles. The summed E-state index contributed by atoms with van der Waals surface area (Å²) in [6.45, 7) is 14.6. The second-order valence-corrected chi connectivity index (χ2v) is 23.3. The van der Waals surface area contributed by atoms with E-state index in [9.17, 15) is 19.5 Å². The SMILES string of the molecule is CCc1c(F)ccc2cc(O)cc(N3CCc4c(nc(OCC5(CN6CCC7(CC6)CC(CN6CCN(c8ccc9c(c8)CN([C@H]8CCC(=O)NC8=O)C9=O)CC6)C7)CC5)nc4N4CC5CCC(C4)N5)C3)c12. The first-order valence-corrected chi connectivity index (χ1v) is 27.2. The highest BCUT2D eigenvalue weighted by Crippen LogP contribution is 2.54. The quantitative estimate of drug-likeness (QED) is 0.148. The molecule has 7 fully saturated rings. The second-order valence-electron chi connectivity index (χ2n) is 23.3. The van der Waals surface area contributed by atoms with Crippen LogP contribution in [0.5, 0.6) is 11.8 Å². The number of aromatic hydroxyl groups is 1. The highest BCUT2D eigenvalue weighted by atomic mass is 19.1. The Labute approximate surface area is 421 Å². The van der Waals surface area contributed by atoms with E-state index in [1.807, 2.05) is 13.0 Å². The monoisotopic (exact) mass is 981 g/mol. The molecule has 380 valence electrons. The van der Waals surface area contributed by atoms with E-state index in [2.05, 4.69) is 47.3 Å². The highest BCUT2D eigenvalue weighted by molar-refractivity contribution is 6.05. The van der Waals surface area contributed by atoms with Gasteiger partial charge in [0.25, 0.3) is 5.91 Å². The molecule has 2 unspecified atom stereocenters. The van der Waals surface area contributed by atoms with Gasteiger partial charge in [-0.25, -0.2) is 4.39 Å². The number of anilines is 3. The molecule has 16 heteroatoms. The van der Waals surface area contributed by atoms with Gasteiger partial charge in [0.15, 0.2) is 0 Å². The van der Waals surface area contributed by atoms with Crippen molar-refractivity contribution in [1.82, 2.24) is 35.3 Å². The molecule has 15 nitrogen and oxygen atoms in total. The van der Waals surface area contributed by atoms with Crippen molar-refractivity contribution in [2.75, 3.05) is 93.3 Å². The van der Waals surface area contributed by atoms with Crippen LogP contribution in [0.4, 0.5) is 21.6 Å². The lowest BCUT2D eigenvalue weighted by Gasteiger charge is -2.54. The Bertz CT molecular complexity index is 2800. The largest absolute Gasteiger partial charge is 0.508 e. The minimum Gasteiger partial charge on any atom is -0.508 e. The summed E-state index contributed by atoms with van der Waals surface area (Å²) in [5.41, 5.74) is 7.05. The minimum atomic E-state index is -0.593. The molecule has 3 aromatic carbocycles. The van der Waals surface area contributed by atoms with Gasteiger partial charge >= 0.3 is 6.01 Å². The number of ether oxygens (including phenoxy) is 1. The Hall–Kier alpha value is -5.58. The van der Waals surface area contributed by atoms with E-state index in [1.165, 1.54) is 56.7 Å². The zero-order valence-electron chi connectivity index (χ0n) is 41.8. The number of nitrogens with one attached hydrogen (secondary N) is 2. The van der Waals surface area contributed by atoms with Crippen molar-refractivity contribution in [3.05, 3.63) is 76.2 Å². The predicted molar refractivity (Wildman–Crippen MR) is 273 cm³/mol. The van der Waals surface area contributed by atoms with Gasteiger partial charge in [-0.1, -0.05) is 13.0 Å². The third kappa shape index (κ3) is 8.62. The van der Waals surface area contributed by atoms with E-state index in [4.69, 9.17) is 14.7 Å². The van der Waals surface area contributed by atoms with Crippen LogP contribution in [0.2, 0.25) is 0 Å². The number of carbonyl (C=O) groups excluding carboxylic acids is 3. The number of likely N-dealkylation sites (tertiary alicyclic amines) is 1. The molecule has 0 radical (unpaired) electrons.